The molecule has 1 aliphatic rings. The minimum absolute atomic E-state index is 0.124. The summed E-state index contributed by atoms with van der Waals surface area (Å²) in [5.41, 5.74) is 11.7. The number of rotatable bonds is 5. The monoisotopic (exact) mass is 524 g/mol. The summed E-state index contributed by atoms with van der Waals surface area (Å²) in [4.78, 5) is 18.9. The number of nitrogens with zero attached hydrogens (tertiary/aromatic N) is 2. The molecule has 1 heterocycles. The number of carbonyl (C=O) groups excluding carboxylic acids is 1. The van der Waals surface area contributed by atoms with Crippen molar-refractivity contribution in [2.45, 2.75) is 71.3 Å². The molecule has 7 nitrogen and oxygen atoms in total. The van der Waals surface area contributed by atoms with Crippen LogP contribution in [-0.2, 0) is 5.41 Å². The average Bonchev–Trinajstić information content (AvgIpc) is 2.93. The van der Waals surface area contributed by atoms with Crippen LogP contribution >= 0.6 is 0 Å². The lowest BCUT2D eigenvalue weighted by atomic mass is 9.86. The lowest BCUT2D eigenvalue weighted by molar-refractivity contribution is 0.112. The molecule has 0 unspecified atom stereocenters. The van der Waals surface area contributed by atoms with Crippen molar-refractivity contribution in [1.82, 2.24) is 9.97 Å². The number of nitrogens with two attached hydrogens (primary N) is 1. The molecule has 7 heteroatoms. The summed E-state index contributed by atoms with van der Waals surface area (Å²) in [5, 5.41) is 15.0. The summed E-state index contributed by atoms with van der Waals surface area (Å²) >= 11 is 0. The first-order chi connectivity index (χ1) is 18.6. The molecule has 0 aliphatic heterocycles. The minimum Gasteiger partial charge on any atom is -0.388 e. The van der Waals surface area contributed by atoms with E-state index in [0.29, 0.717) is 17.4 Å². The molecule has 1 fully saturated rings. The maximum absolute atomic E-state index is 10.5. The number of hydrogen-bond donors (Lipinski definition) is 4. The van der Waals surface area contributed by atoms with Gasteiger partial charge >= 0.3 is 0 Å². The fourth-order valence-electron chi connectivity index (χ4n) is 4.38. The van der Waals surface area contributed by atoms with Gasteiger partial charge in [0.25, 0.3) is 0 Å². The number of carbonyl (C=O) groups is 1. The van der Waals surface area contributed by atoms with Crippen LogP contribution in [0.4, 0.5) is 17.3 Å². The maximum Gasteiger partial charge on any atom is 0.150 e. The Kier molecular flexibility index (Phi) is 10.2. The second kappa shape index (κ2) is 13.6. The lowest BCUT2D eigenvalue weighted by Gasteiger charge is -2.24. The quantitative estimate of drug-likeness (QED) is 0.175. The van der Waals surface area contributed by atoms with Crippen molar-refractivity contribution in [3.63, 3.8) is 0 Å². The molecular weight excluding hydrogens is 484 g/mol. The van der Waals surface area contributed by atoms with Crippen LogP contribution in [0.2, 0.25) is 0 Å². The highest BCUT2D eigenvalue weighted by Crippen LogP contribution is 2.25. The summed E-state index contributed by atoms with van der Waals surface area (Å²) in [6, 6.07) is 14.1. The third-order valence-corrected chi connectivity index (χ3v) is 6.81. The molecule has 1 saturated carbocycles. The summed E-state index contributed by atoms with van der Waals surface area (Å²) in [6.07, 6.45) is 8.25. The van der Waals surface area contributed by atoms with E-state index in [1.165, 1.54) is 31.2 Å². The molecule has 1 aliphatic carbocycles. The number of hydrogen-bond acceptors (Lipinski definition) is 7. The van der Waals surface area contributed by atoms with E-state index < -0.39 is 0 Å². The number of aromatic nitrogens is 2. The van der Waals surface area contributed by atoms with Gasteiger partial charge in [-0.1, -0.05) is 70.2 Å². The Balaban J connectivity index is 0.000000293. The zero-order valence-electron chi connectivity index (χ0n) is 23.7. The molecule has 0 radical (unpaired) electrons. The molecule has 204 valence electrons. The van der Waals surface area contributed by atoms with E-state index in [0.717, 1.165) is 41.5 Å². The van der Waals surface area contributed by atoms with E-state index in [4.69, 9.17) is 11.1 Å². The Morgan fingerprint density at radius 2 is 1.85 bits per heavy atom. The van der Waals surface area contributed by atoms with Gasteiger partial charge < -0.3 is 16.4 Å². The lowest BCUT2D eigenvalue weighted by Crippen LogP contribution is -2.24. The molecule has 2 aromatic carbocycles. The van der Waals surface area contributed by atoms with Gasteiger partial charge in [0.05, 0.1) is 5.56 Å². The molecule has 4 rings (SSSR count). The van der Waals surface area contributed by atoms with Crippen LogP contribution in [0.5, 0.6) is 0 Å². The van der Waals surface area contributed by atoms with Crippen LogP contribution in [0.1, 0.15) is 85.5 Å². The number of nitrogen functional groups attached to an aromatic ring is 1. The van der Waals surface area contributed by atoms with Crippen LogP contribution < -0.4 is 16.4 Å². The highest BCUT2D eigenvalue weighted by molar-refractivity contribution is 6.16. The molecule has 5 N–H and O–H groups in total. The molecule has 0 saturated heterocycles. The standard InChI is InChI=1S/C21H26N6.C11H14O/c1-14-8-10-17(24-2)12-15(14)9-11-18(22)19-20(23)25-13-26-21(19)27-16-6-4-3-5-7-16;1-11(2,3)10-6-4-5-9(7-10)8-12/h8,10,12-13,16,22,24H,3-7H2,1-2H3,(H3,23,25,26,27);4-8H,1-3H3. The predicted octanol–water partition coefficient (Wildman–Crippen LogP) is 6.37. The molecule has 39 heavy (non-hydrogen) atoms. The first-order valence-corrected chi connectivity index (χ1v) is 13.4. The number of aldehydes is 1. The van der Waals surface area contributed by atoms with Crippen molar-refractivity contribution in [3.05, 3.63) is 76.6 Å². The Labute approximate surface area is 232 Å². The number of nitrogens with one attached hydrogen (secondary N) is 3. The van der Waals surface area contributed by atoms with Gasteiger partial charge in [-0.2, -0.15) is 0 Å². The van der Waals surface area contributed by atoms with Gasteiger partial charge in [-0.25, -0.2) is 9.97 Å². The second-order valence-corrected chi connectivity index (χ2v) is 10.9. The van der Waals surface area contributed by atoms with E-state index >= 15 is 0 Å². The highest BCUT2D eigenvalue weighted by atomic mass is 16.1. The van der Waals surface area contributed by atoms with Gasteiger partial charge in [0.15, 0.2) is 0 Å². The number of aryl methyl sites for hydroxylation is 1. The number of benzene rings is 2. The normalized spacial score (nSPS) is 13.3. The smallest absolute Gasteiger partial charge is 0.150 e. The Hall–Kier alpha value is -4.18. The van der Waals surface area contributed by atoms with Crippen molar-refractivity contribution in [1.29, 1.82) is 5.41 Å². The fourth-order valence-corrected chi connectivity index (χ4v) is 4.38. The largest absolute Gasteiger partial charge is 0.388 e. The Morgan fingerprint density at radius 3 is 2.51 bits per heavy atom. The van der Waals surface area contributed by atoms with Gasteiger partial charge in [-0.3, -0.25) is 10.2 Å². The van der Waals surface area contributed by atoms with E-state index in [1.54, 1.807) is 0 Å². The van der Waals surface area contributed by atoms with Crippen LogP contribution in [0.25, 0.3) is 0 Å². The zero-order valence-corrected chi connectivity index (χ0v) is 23.7. The number of anilines is 3. The topological polar surface area (TPSA) is 117 Å². The molecule has 3 aromatic rings. The SMILES string of the molecule is CC(C)(C)c1cccc(C=O)c1.CNc1ccc(C)c(C#CC(=N)c2c(N)ncnc2NC2CCCCC2)c1. The summed E-state index contributed by atoms with van der Waals surface area (Å²) in [6.45, 7) is 8.41. The van der Waals surface area contributed by atoms with Gasteiger partial charge in [-0.15, -0.1) is 0 Å². The minimum atomic E-state index is 0.124. The van der Waals surface area contributed by atoms with Crippen LogP contribution in [0.15, 0.2) is 48.8 Å². The van der Waals surface area contributed by atoms with Crippen LogP contribution in [0.3, 0.4) is 0 Å². The van der Waals surface area contributed by atoms with Crippen LogP contribution in [0, 0.1) is 24.2 Å². The summed E-state index contributed by atoms with van der Waals surface area (Å²) < 4.78 is 0. The average molecular weight is 525 g/mol. The van der Waals surface area contributed by atoms with Crippen molar-refractivity contribution < 1.29 is 4.79 Å². The predicted molar refractivity (Wildman–Crippen MR) is 162 cm³/mol. The van der Waals surface area contributed by atoms with E-state index in [2.05, 4.69) is 53.2 Å². The van der Waals surface area contributed by atoms with Gasteiger partial charge in [0.1, 0.15) is 30.0 Å². The third kappa shape index (κ3) is 8.41. The highest BCUT2D eigenvalue weighted by Gasteiger charge is 2.19. The summed E-state index contributed by atoms with van der Waals surface area (Å²) in [5.74, 6) is 6.91. The van der Waals surface area contributed by atoms with Gasteiger partial charge in [-0.05, 0) is 60.4 Å². The molecule has 0 atom stereocenters. The first kappa shape index (κ1) is 29.4. The van der Waals surface area contributed by atoms with Crippen molar-refractivity contribution in [2.24, 2.45) is 0 Å². The molecule has 0 bridgehead atoms. The van der Waals surface area contributed by atoms with Crippen molar-refractivity contribution in [3.8, 4) is 11.8 Å². The summed E-state index contributed by atoms with van der Waals surface area (Å²) in [7, 11) is 1.87. The zero-order chi connectivity index (χ0) is 28.4. The van der Waals surface area contributed by atoms with Crippen molar-refractivity contribution >= 4 is 29.3 Å². The Bertz CT molecular complexity index is 1360. The van der Waals surface area contributed by atoms with E-state index in [-0.39, 0.29) is 16.9 Å². The van der Waals surface area contributed by atoms with Crippen LogP contribution in [-0.4, -0.2) is 35.1 Å². The van der Waals surface area contributed by atoms with Crippen molar-refractivity contribution in [2.75, 3.05) is 23.4 Å². The van der Waals surface area contributed by atoms with Gasteiger partial charge in [0.2, 0.25) is 0 Å². The fraction of sp³-hybridized carbons (Fsp3) is 0.375. The molecule has 0 amide bonds. The van der Waals surface area contributed by atoms with Gasteiger partial charge in [0, 0.05) is 29.9 Å². The molecule has 0 spiro atoms. The molecular formula is C32H40N6O. The van der Waals surface area contributed by atoms with E-state index in [9.17, 15) is 4.79 Å². The third-order valence-electron chi connectivity index (χ3n) is 6.81. The first-order valence-electron chi connectivity index (χ1n) is 13.4. The van der Waals surface area contributed by atoms with E-state index in [1.807, 2.05) is 56.4 Å². The second-order valence-electron chi connectivity index (χ2n) is 10.9. The Morgan fingerprint density at radius 1 is 1.10 bits per heavy atom. The maximum atomic E-state index is 10.5. The molecule has 1 aromatic heterocycles.